The number of aliphatic hydroxyl groups excluding tert-OH is 1. The zero-order valence-electron chi connectivity index (χ0n) is 9.63. The first-order valence-corrected chi connectivity index (χ1v) is 5.81. The molecule has 88 valence electrons. The van der Waals surface area contributed by atoms with Crippen molar-refractivity contribution in [3.05, 3.63) is 23.9 Å². The molecular formula is C12H19N3O. The van der Waals surface area contributed by atoms with E-state index in [4.69, 9.17) is 5.73 Å². The summed E-state index contributed by atoms with van der Waals surface area (Å²) in [5.74, 6) is 0.983. The minimum atomic E-state index is -0.139. The Morgan fingerprint density at radius 3 is 2.62 bits per heavy atom. The van der Waals surface area contributed by atoms with Crippen LogP contribution in [-0.4, -0.2) is 29.3 Å². The summed E-state index contributed by atoms with van der Waals surface area (Å²) in [5, 5.41) is 9.43. The number of nitrogens with two attached hydrogens (primary N) is 1. The number of aromatic nitrogens is 1. The monoisotopic (exact) mass is 221 g/mol. The molecule has 0 radical (unpaired) electrons. The molecule has 0 bridgehead atoms. The molecule has 0 spiro atoms. The van der Waals surface area contributed by atoms with Crippen molar-refractivity contribution < 1.29 is 5.11 Å². The van der Waals surface area contributed by atoms with Crippen LogP contribution in [-0.2, 0) is 0 Å². The van der Waals surface area contributed by atoms with Crippen molar-refractivity contribution in [2.24, 2.45) is 5.73 Å². The van der Waals surface area contributed by atoms with Gasteiger partial charge in [-0.25, -0.2) is 4.98 Å². The van der Waals surface area contributed by atoms with Crippen LogP contribution >= 0.6 is 0 Å². The highest BCUT2D eigenvalue weighted by atomic mass is 16.3. The lowest BCUT2D eigenvalue weighted by Gasteiger charge is -2.30. The molecule has 1 aromatic rings. The molecule has 0 aromatic carbocycles. The molecule has 1 aliphatic rings. The Morgan fingerprint density at radius 1 is 1.44 bits per heavy atom. The maximum Gasteiger partial charge on any atom is 0.128 e. The van der Waals surface area contributed by atoms with Gasteiger partial charge in [0.25, 0.3) is 0 Å². The van der Waals surface area contributed by atoms with Crippen LogP contribution in [0.4, 0.5) is 5.82 Å². The fourth-order valence-electron chi connectivity index (χ4n) is 1.95. The van der Waals surface area contributed by atoms with Crippen molar-refractivity contribution in [3.8, 4) is 0 Å². The van der Waals surface area contributed by atoms with Crippen molar-refractivity contribution >= 4 is 5.82 Å². The van der Waals surface area contributed by atoms with Crippen LogP contribution in [0, 0.1) is 0 Å². The van der Waals surface area contributed by atoms with Gasteiger partial charge in [-0.1, -0.05) is 6.07 Å². The van der Waals surface area contributed by atoms with Gasteiger partial charge < -0.3 is 15.7 Å². The molecule has 0 unspecified atom stereocenters. The highest BCUT2D eigenvalue weighted by Crippen LogP contribution is 2.19. The first-order valence-electron chi connectivity index (χ1n) is 5.81. The number of hydrogen-bond donors (Lipinski definition) is 2. The third kappa shape index (κ3) is 2.51. The molecule has 16 heavy (non-hydrogen) atoms. The predicted octanol–water partition coefficient (Wildman–Crippen LogP) is 1.06. The summed E-state index contributed by atoms with van der Waals surface area (Å²) >= 11 is 0. The largest absolute Gasteiger partial charge is 0.393 e. The van der Waals surface area contributed by atoms with Gasteiger partial charge in [-0.2, -0.15) is 0 Å². The van der Waals surface area contributed by atoms with Crippen molar-refractivity contribution in [2.75, 3.05) is 18.0 Å². The Balaban J connectivity index is 2.04. The molecule has 0 aliphatic carbocycles. The molecule has 4 nitrogen and oxygen atoms in total. The molecule has 1 aromatic heterocycles. The summed E-state index contributed by atoms with van der Waals surface area (Å²) < 4.78 is 0. The Bertz CT molecular complexity index is 329. The number of rotatable bonds is 2. The number of pyridine rings is 1. The number of aliphatic hydroxyl groups is 1. The molecule has 0 saturated carbocycles. The second kappa shape index (κ2) is 4.80. The summed E-state index contributed by atoms with van der Waals surface area (Å²) in [5.41, 5.74) is 6.83. The van der Waals surface area contributed by atoms with Crippen LogP contribution in [0.2, 0.25) is 0 Å². The molecule has 1 saturated heterocycles. The fourth-order valence-corrected chi connectivity index (χ4v) is 1.95. The summed E-state index contributed by atoms with van der Waals surface area (Å²) in [6.45, 7) is 3.71. The van der Waals surface area contributed by atoms with Crippen molar-refractivity contribution in [1.29, 1.82) is 0 Å². The van der Waals surface area contributed by atoms with Gasteiger partial charge in [0.05, 0.1) is 6.10 Å². The fraction of sp³-hybridized carbons (Fsp3) is 0.583. The maximum atomic E-state index is 9.43. The number of piperidine rings is 1. The molecule has 1 atom stereocenters. The zero-order chi connectivity index (χ0) is 11.5. The molecule has 2 heterocycles. The van der Waals surface area contributed by atoms with Crippen LogP contribution in [0.15, 0.2) is 18.3 Å². The molecule has 4 heteroatoms. The van der Waals surface area contributed by atoms with E-state index in [0.29, 0.717) is 0 Å². The first kappa shape index (κ1) is 11.4. The van der Waals surface area contributed by atoms with Crippen molar-refractivity contribution in [1.82, 2.24) is 4.98 Å². The molecule has 1 aliphatic heterocycles. The number of nitrogens with zero attached hydrogens (tertiary/aromatic N) is 2. The van der Waals surface area contributed by atoms with Crippen molar-refractivity contribution in [2.45, 2.75) is 31.9 Å². The topological polar surface area (TPSA) is 62.4 Å². The smallest absolute Gasteiger partial charge is 0.128 e. The van der Waals surface area contributed by atoms with Gasteiger partial charge in [0.2, 0.25) is 0 Å². The van der Waals surface area contributed by atoms with Crippen LogP contribution < -0.4 is 10.6 Å². The van der Waals surface area contributed by atoms with E-state index in [9.17, 15) is 5.11 Å². The SMILES string of the molecule is C[C@H](N)c1ccc(N2CCC(O)CC2)nc1. The molecule has 3 N–H and O–H groups in total. The summed E-state index contributed by atoms with van der Waals surface area (Å²) in [6, 6.07) is 4.07. The van der Waals surface area contributed by atoms with E-state index in [2.05, 4.69) is 9.88 Å². The molecule has 0 amide bonds. The number of hydrogen-bond acceptors (Lipinski definition) is 4. The van der Waals surface area contributed by atoms with Crippen LogP contribution in [0.3, 0.4) is 0 Å². The highest BCUT2D eigenvalue weighted by molar-refractivity contribution is 5.40. The Morgan fingerprint density at radius 2 is 2.12 bits per heavy atom. The van der Waals surface area contributed by atoms with Crippen LogP contribution in [0.25, 0.3) is 0 Å². The van der Waals surface area contributed by atoms with Gasteiger partial charge in [-0.05, 0) is 31.4 Å². The summed E-state index contributed by atoms with van der Waals surface area (Å²) in [4.78, 5) is 6.62. The molecule has 2 rings (SSSR count). The average Bonchev–Trinajstić information content (AvgIpc) is 2.30. The lowest BCUT2D eigenvalue weighted by molar-refractivity contribution is 0.145. The van der Waals surface area contributed by atoms with Crippen molar-refractivity contribution in [3.63, 3.8) is 0 Å². The maximum absolute atomic E-state index is 9.43. The van der Waals surface area contributed by atoms with E-state index in [1.54, 1.807) is 0 Å². The Labute approximate surface area is 96.1 Å². The summed E-state index contributed by atoms with van der Waals surface area (Å²) in [6.07, 6.45) is 3.36. The van der Waals surface area contributed by atoms with Gasteiger partial charge in [-0.3, -0.25) is 0 Å². The standard InChI is InChI=1S/C12H19N3O/c1-9(13)10-2-3-12(14-8-10)15-6-4-11(16)5-7-15/h2-3,8-9,11,16H,4-7,13H2,1H3/t9-/m0/s1. The minimum Gasteiger partial charge on any atom is -0.393 e. The highest BCUT2D eigenvalue weighted by Gasteiger charge is 2.17. The average molecular weight is 221 g/mol. The van der Waals surface area contributed by atoms with Gasteiger partial charge in [0.1, 0.15) is 5.82 Å². The Hall–Kier alpha value is -1.13. The van der Waals surface area contributed by atoms with Crippen LogP contribution in [0.1, 0.15) is 31.4 Å². The van der Waals surface area contributed by atoms with E-state index in [1.165, 1.54) is 0 Å². The van der Waals surface area contributed by atoms with E-state index in [1.807, 2.05) is 25.3 Å². The lowest BCUT2D eigenvalue weighted by atomic mass is 10.1. The Kier molecular flexibility index (Phi) is 3.41. The van der Waals surface area contributed by atoms with Gasteiger partial charge in [0, 0.05) is 25.3 Å². The third-order valence-electron chi connectivity index (χ3n) is 3.09. The van der Waals surface area contributed by atoms with Gasteiger partial charge in [0.15, 0.2) is 0 Å². The molecular weight excluding hydrogens is 202 g/mol. The van der Waals surface area contributed by atoms with Gasteiger partial charge in [-0.15, -0.1) is 0 Å². The quantitative estimate of drug-likeness (QED) is 0.784. The zero-order valence-corrected chi connectivity index (χ0v) is 9.63. The lowest BCUT2D eigenvalue weighted by Crippen LogP contribution is -2.36. The van der Waals surface area contributed by atoms with Gasteiger partial charge >= 0.3 is 0 Å². The third-order valence-corrected chi connectivity index (χ3v) is 3.09. The van der Waals surface area contributed by atoms with E-state index in [0.717, 1.165) is 37.3 Å². The molecule has 1 fully saturated rings. The predicted molar refractivity (Wildman–Crippen MR) is 64.3 cm³/mol. The van der Waals surface area contributed by atoms with E-state index < -0.39 is 0 Å². The number of anilines is 1. The second-order valence-corrected chi connectivity index (χ2v) is 4.46. The van der Waals surface area contributed by atoms with E-state index >= 15 is 0 Å². The first-order chi connectivity index (χ1) is 7.66. The normalized spacial score (nSPS) is 19.8. The van der Waals surface area contributed by atoms with E-state index in [-0.39, 0.29) is 12.1 Å². The summed E-state index contributed by atoms with van der Waals surface area (Å²) in [7, 11) is 0. The second-order valence-electron chi connectivity index (χ2n) is 4.46. The van der Waals surface area contributed by atoms with Crippen LogP contribution in [0.5, 0.6) is 0 Å². The minimum absolute atomic E-state index is 0.0322.